The van der Waals surface area contributed by atoms with Crippen molar-refractivity contribution in [2.24, 2.45) is 0 Å². The number of aliphatic hydroxyl groups is 1. The van der Waals surface area contributed by atoms with E-state index in [4.69, 9.17) is 9.47 Å². The first-order valence-electron chi connectivity index (χ1n) is 9.31. The topological polar surface area (TPSA) is 89.0 Å². The summed E-state index contributed by atoms with van der Waals surface area (Å²) >= 11 is 0. The summed E-state index contributed by atoms with van der Waals surface area (Å²) in [6.07, 6.45) is 3.77. The Morgan fingerprint density at radius 1 is 1.17 bits per heavy atom. The average molecular weight is 396 g/mol. The highest BCUT2D eigenvalue weighted by atomic mass is 16.5. The number of Topliss-reactive ketones (excluding diaryl/α,β-unsaturated/α-hetero) is 1. The standard InChI is InChI=1S/C22H24N2O5/c1-14-13-16(5-6-17(14)29-3)20(25)18-19(15-7-9-23-10-8-15)24(11-4-12-28-2)22(27)21(18)26/h5-10,13,19,25H,4,11-12H2,1-3H3/t19-/m0/s1. The smallest absolute Gasteiger partial charge is 0.295 e. The number of ether oxygens (including phenoxy) is 2. The van der Waals surface area contributed by atoms with Gasteiger partial charge in [-0.3, -0.25) is 14.6 Å². The normalized spacial score (nSPS) is 18.3. The number of aliphatic hydroxyl groups excluding tert-OH is 1. The summed E-state index contributed by atoms with van der Waals surface area (Å²) in [5.41, 5.74) is 2.05. The summed E-state index contributed by atoms with van der Waals surface area (Å²) in [7, 11) is 3.15. The molecular formula is C22H24N2O5. The van der Waals surface area contributed by atoms with Gasteiger partial charge in [0.1, 0.15) is 11.5 Å². The molecule has 1 aliphatic heterocycles. The van der Waals surface area contributed by atoms with Crippen LogP contribution < -0.4 is 4.74 Å². The molecule has 7 nitrogen and oxygen atoms in total. The molecule has 0 unspecified atom stereocenters. The number of likely N-dealkylation sites (tertiary alicyclic amines) is 1. The average Bonchev–Trinajstić information content (AvgIpc) is 2.99. The van der Waals surface area contributed by atoms with Crippen LogP contribution in [0.25, 0.3) is 5.76 Å². The van der Waals surface area contributed by atoms with Gasteiger partial charge in [0.15, 0.2) is 0 Å². The van der Waals surface area contributed by atoms with Gasteiger partial charge < -0.3 is 19.5 Å². The fourth-order valence-electron chi connectivity index (χ4n) is 3.56. The number of pyridine rings is 1. The van der Waals surface area contributed by atoms with E-state index in [0.29, 0.717) is 36.4 Å². The Labute approximate surface area is 169 Å². The summed E-state index contributed by atoms with van der Waals surface area (Å²) in [6.45, 7) is 2.65. The Balaban J connectivity index is 2.11. The number of carbonyl (C=O) groups is 2. The van der Waals surface area contributed by atoms with Crippen molar-refractivity contribution in [3.8, 4) is 5.75 Å². The maximum atomic E-state index is 12.9. The minimum Gasteiger partial charge on any atom is -0.507 e. The van der Waals surface area contributed by atoms with Crippen LogP contribution in [-0.2, 0) is 14.3 Å². The minimum atomic E-state index is -0.699. The Bertz CT molecular complexity index is 939. The van der Waals surface area contributed by atoms with Crippen LogP contribution in [0.4, 0.5) is 0 Å². The van der Waals surface area contributed by atoms with E-state index in [1.54, 1.807) is 56.9 Å². The predicted octanol–water partition coefficient (Wildman–Crippen LogP) is 2.86. The predicted molar refractivity (Wildman–Crippen MR) is 107 cm³/mol. The van der Waals surface area contributed by atoms with Crippen molar-refractivity contribution in [1.29, 1.82) is 0 Å². The van der Waals surface area contributed by atoms with Crippen LogP contribution in [0.15, 0.2) is 48.3 Å². The lowest BCUT2D eigenvalue weighted by molar-refractivity contribution is -0.140. The molecule has 1 N–H and O–H groups in total. The number of carbonyl (C=O) groups excluding carboxylic acids is 2. The van der Waals surface area contributed by atoms with Gasteiger partial charge in [-0.1, -0.05) is 0 Å². The second kappa shape index (κ2) is 8.87. The third kappa shape index (κ3) is 4.00. The number of aryl methyl sites for hydroxylation is 1. The van der Waals surface area contributed by atoms with Crippen molar-refractivity contribution < 1.29 is 24.2 Å². The molecule has 152 valence electrons. The van der Waals surface area contributed by atoms with Crippen molar-refractivity contribution in [3.05, 3.63) is 65.0 Å². The zero-order valence-electron chi connectivity index (χ0n) is 16.7. The SMILES string of the molecule is COCCCN1C(=O)C(=O)C(=C(O)c2ccc(OC)c(C)c2)[C@@H]1c1ccncc1. The third-order valence-corrected chi connectivity index (χ3v) is 4.98. The van der Waals surface area contributed by atoms with Crippen LogP contribution in [0.1, 0.15) is 29.2 Å². The molecule has 29 heavy (non-hydrogen) atoms. The number of rotatable bonds is 7. The number of aromatic nitrogens is 1. The van der Waals surface area contributed by atoms with Crippen LogP contribution in [0, 0.1) is 6.92 Å². The molecule has 2 aromatic rings. The molecule has 0 radical (unpaired) electrons. The van der Waals surface area contributed by atoms with Crippen LogP contribution in [0.2, 0.25) is 0 Å². The molecular weight excluding hydrogens is 372 g/mol. The molecule has 1 saturated heterocycles. The lowest BCUT2D eigenvalue weighted by atomic mass is 9.95. The van der Waals surface area contributed by atoms with Gasteiger partial charge in [-0.15, -0.1) is 0 Å². The molecule has 0 spiro atoms. The number of methoxy groups -OCH3 is 2. The molecule has 1 fully saturated rings. The van der Waals surface area contributed by atoms with Gasteiger partial charge in [0, 0.05) is 38.2 Å². The maximum absolute atomic E-state index is 12.9. The molecule has 1 amide bonds. The van der Waals surface area contributed by atoms with Crippen LogP contribution in [0.5, 0.6) is 5.75 Å². The van der Waals surface area contributed by atoms with Crippen LogP contribution >= 0.6 is 0 Å². The van der Waals surface area contributed by atoms with E-state index >= 15 is 0 Å². The van der Waals surface area contributed by atoms with Gasteiger partial charge in [-0.2, -0.15) is 0 Å². The van der Waals surface area contributed by atoms with E-state index in [9.17, 15) is 14.7 Å². The fraction of sp³-hybridized carbons (Fsp3) is 0.318. The number of benzene rings is 1. The van der Waals surface area contributed by atoms with Gasteiger partial charge in [-0.25, -0.2) is 0 Å². The zero-order chi connectivity index (χ0) is 21.0. The quantitative estimate of drug-likeness (QED) is 0.335. The summed E-state index contributed by atoms with van der Waals surface area (Å²) in [6, 6.07) is 7.93. The second-order valence-electron chi connectivity index (χ2n) is 6.80. The van der Waals surface area contributed by atoms with E-state index in [-0.39, 0.29) is 11.3 Å². The van der Waals surface area contributed by atoms with Crippen molar-refractivity contribution in [2.45, 2.75) is 19.4 Å². The number of ketones is 1. The highest BCUT2D eigenvalue weighted by Gasteiger charge is 2.45. The molecule has 1 aromatic carbocycles. The Morgan fingerprint density at radius 3 is 2.52 bits per heavy atom. The van der Waals surface area contributed by atoms with Gasteiger partial charge in [-0.05, 0) is 54.8 Å². The van der Waals surface area contributed by atoms with E-state index in [0.717, 1.165) is 5.56 Å². The third-order valence-electron chi connectivity index (χ3n) is 4.98. The second-order valence-corrected chi connectivity index (χ2v) is 6.80. The number of nitrogens with zero attached hydrogens (tertiary/aromatic N) is 2. The molecule has 1 atom stereocenters. The number of hydrogen-bond donors (Lipinski definition) is 1. The summed E-state index contributed by atoms with van der Waals surface area (Å²) < 4.78 is 10.3. The van der Waals surface area contributed by atoms with Crippen molar-refractivity contribution in [1.82, 2.24) is 9.88 Å². The summed E-state index contributed by atoms with van der Waals surface area (Å²) in [4.78, 5) is 31.1. The highest BCUT2D eigenvalue weighted by Crippen LogP contribution is 2.39. The van der Waals surface area contributed by atoms with Crippen LogP contribution in [0.3, 0.4) is 0 Å². The van der Waals surface area contributed by atoms with Crippen molar-refractivity contribution >= 4 is 17.4 Å². The van der Waals surface area contributed by atoms with Crippen LogP contribution in [-0.4, -0.2) is 54.1 Å². The molecule has 0 aliphatic carbocycles. The monoisotopic (exact) mass is 396 g/mol. The molecule has 7 heteroatoms. The minimum absolute atomic E-state index is 0.0724. The summed E-state index contributed by atoms with van der Waals surface area (Å²) in [5.74, 6) is -0.859. The van der Waals surface area contributed by atoms with Gasteiger partial charge in [0.25, 0.3) is 11.7 Å². The molecule has 0 saturated carbocycles. The van der Waals surface area contributed by atoms with E-state index in [1.807, 2.05) is 6.92 Å². The molecule has 1 aromatic heterocycles. The zero-order valence-corrected chi connectivity index (χ0v) is 16.7. The number of hydrogen-bond acceptors (Lipinski definition) is 6. The lowest BCUT2D eigenvalue weighted by Gasteiger charge is -2.25. The first kappa shape index (κ1) is 20.5. The Hall–Kier alpha value is -3.19. The van der Waals surface area contributed by atoms with Gasteiger partial charge in [0.05, 0.1) is 18.7 Å². The first-order chi connectivity index (χ1) is 14.0. The fourth-order valence-corrected chi connectivity index (χ4v) is 3.56. The molecule has 1 aliphatic rings. The van der Waals surface area contributed by atoms with E-state index in [2.05, 4.69) is 4.98 Å². The largest absolute Gasteiger partial charge is 0.507 e. The molecule has 3 rings (SSSR count). The summed E-state index contributed by atoms with van der Waals surface area (Å²) in [5, 5.41) is 11.0. The highest BCUT2D eigenvalue weighted by molar-refractivity contribution is 6.46. The van der Waals surface area contributed by atoms with E-state index < -0.39 is 17.7 Å². The Kier molecular flexibility index (Phi) is 6.29. The Morgan fingerprint density at radius 2 is 1.90 bits per heavy atom. The first-order valence-corrected chi connectivity index (χ1v) is 9.31. The van der Waals surface area contributed by atoms with Gasteiger partial charge in [0.2, 0.25) is 0 Å². The lowest BCUT2D eigenvalue weighted by Crippen LogP contribution is -2.31. The van der Waals surface area contributed by atoms with E-state index in [1.165, 1.54) is 4.90 Å². The van der Waals surface area contributed by atoms with Gasteiger partial charge >= 0.3 is 0 Å². The van der Waals surface area contributed by atoms with Crippen molar-refractivity contribution in [2.75, 3.05) is 27.4 Å². The molecule has 2 heterocycles. The maximum Gasteiger partial charge on any atom is 0.295 e. The van der Waals surface area contributed by atoms with Crippen molar-refractivity contribution in [3.63, 3.8) is 0 Å². The number of amides is 1. The molecule has 0 bridgehead atoms.